The number of rotatable bonds is 4. The Labute approximate surface area is 133 Å². The molecule has 23 heavy (non-hydrogen) atoms. The predicted octanol–water partition coefficient (Wildman–Crippen LogP) is -0.0155. The number of nitrogens with zero attached hydrogens (tertiary/aromatic N) is 2. The van der Waals surface area contributed by atoms with Gasteiger partial charge in [0.15, 0.2) is 9.84 Å². The Balaban J connectivity index is 1.97. The van der Waals surface area contributed by atoms with Gasteiger partial charge in [-0.3, -0.25) is 9.59 Å². The third-order valence-electron chi connectivity index (χ3n) is 3.58. The SMILES string of the molecule is CC1CC(NC(=O)c2ccc(F)cn2)CN1C(=O)CS(C)(=O)=O. The Bertz CT molecular complexity index is 705. The second-order valence-electron chi connectivity index (χ2n) is 5.73. The molecule has 1 aliphatic rings. The number of aromatic nitrogens is 1. The van der Waals surface area contributed by atoms with Crippen LogP contribution < -0.4 is 5.32 Å². The Hall–Kier alpha value is -2.03. The highest BCUT2D eigenvalue weighted by Gasteiger charge is 2.34. The first-order valence-electron chi connectivity index (χ1n) is 7.05. The van der Waals surface area contributed by atoms with Gasteiger partial charge >= 0.3 is 0 Å². The maximum absolute atomic E-state index is 12.8. The van der Waals surface area contributed by atoms with E-state index in [-0.39, 0.29) is 24.3 Å². The van der Waals surface area contributed by atoms with Crippen molar-refractivity contribution >= 4 is 21.7 Å². The average Bonchev–Trinajstić information content (AvgIpc) is 2.78. The summed E-state index contributed by atoms with van der Waals surface area (Å²) in [4.78, 5) is 29.2. The summed E-state index contributed by atoms with van der Waals surface area (Å²) in [7, 11) is -3.40. The number of hydrogen-bond acceptors (Lipinski definition) is 5. The summed E-state index contributed by atoms with van der Waals surface area (Å²) in [6.45, 7) is 2.03. The molecule has 9 heteroatoms. The Morgan fingerprint density at radius 1 is 1.43 bits per heavy atom. The number of amides is 2. The summed E-state index contributed by atoms with van der Waals surface area (Å²) in [6, 6.07) is 1.94. The van der Waals surface area contributed by atoms with Gasteiger partial charge in [-0.15, -0.1) is 0 Å². The van der Waals surface area contributed by atoms with Crippen LogP contribution in [0.3, 0.4) is 0 Å². The minimum Gasteiger partial charge on any atom is -0.346 e. The van der Waals surface area contributed by atoms with E-state index in [4.69, 9.17) is 0 Å². The molecular weight excluding hydrogens is 325 g/mol. The Morgan fingerprint density at radius 2 is 2.13 bits per heavy atom. The van der Waals surface area contributed by atoms with Gasteiger partial charge in [-0.25, -0.2) is 17.8 Å². The van der Waals surface area contributed by atoms with Crippen molar-refractivity contribution in [2.24, 2.45) is 0 Å². The van der Waals surface area contributed by atoms with E-state index in [2.05, 4.69) is 10.3 Å². The van der Waals surface area contributed by atoms with E-state index >= 15 is 0 Å². The molecule has 126 valence electrons. The highest BCUT2D eigenvalue weighted by atomic mass is 32.2. The fourth-order valence-corrected chi connectivity index (χ4v) is 3.17. The van der Waals surface area contributed by atoms with Gasteiger partial charge < -0.3 is 10.2 Å². The normalized spacial score (nSPS) is 21.3. The Morgan fingerprint density at radius 3 is 2.70 bits per heavy atom. The average molecular weight is 343 g/mol. The predicted molar refractivity (Wildman–Crippen MR) is 81.0 cm³/mol. The lowest BCUT2D eigenvalue weighted by atomic mass is 10.2. The Kier molecular flexibility index (Phi) is 4.98. The lowest BCUT2D eigenvalue weighted by molar-refractivity contribution is -0.129. The first kappa shape index (κ1) is 17.3. The summed E-state index contributed by atoms with van der Waals surface area (Å²) >= 11 is 0. The molecule has 2 unspecified atom stereocenters. The topological polar surface area (TPSA) is 96.4 Å². The van der Waals surface area contributed by atoms with Crippen LogP contribution in [0.2, 0.25) is 0 Å². The number of sulfone groups is 1. The van der Waals surface area contributed by atoms with Gasteiger partial charge in [0.1, 0.15) is 17.3 Å². The van der Waals surface area contributed by atoms with Gasteiger partial charge in [0.25, 0.3) is 5.91 Å². The van der Waals surface area contributed by atoms with Crippen LogP contribution in [-0.4, -0.2) is 60.8 Å². The molecule has 0 bridgehead atoms. The molecule has 0 saturated carbocycles. The highest BCUT2D eigenvalue weighted by Crippen LogP contribution is 2.18. The molecule has 0 radical (unpaired) electrons. The van der Waals surface area contributed by atoms with E-state index in [9.17, 15) is 22.4 Å². The standard InChI is InChI=1S/C14H18FN3O4S/c1-9-5-11(7-18(9)13(19)8-23(2,21)22)17-14(20)12-4-3-10(15)6-16-12/h3-4,6,9,11H,5,7-8H2,1-2H3,(H,17,20). The molecule has 1 fully saturated rings. The quantitative estimate of drug-likeness (QED) is 0.829. The molecule has 2 atom stereocenters. The summed E-state index contributed by atoms with van der Waals surface area (Å²) < 4.78 is 35.2. The van der Waals surface area contributed by atoms with Crippen LogP contribution in [0.4, 0.5) is 4.39 Å². The van der Waals surface area contributed by atoms with Crippen LogP contribution in [0.1, 0.15) is 23.8 Å². The van der Waals surface area contributed by atoms with Crippen LogP contribution in [0.5, 0.6) is 0 Å². The minimum absolute atomic E-state index is 0.0833. The van der Waals surface area contributed by atoms with E-state index in [0.717, 1.165) is 18.5 Å². The van der Waals surface area contributed by atoms with E-state index in [1.807, 2.05) is 0 Å². The maximum atomic E-state index is 12.8. The number of hydrogen-bond donors (Lipinski definition) is 1. The lowest BCUT2D eigenvalue weighted by Gasteiger charge is -2.20. The fraction of sp³-hybridized carbons (Fsp3) is 0.500. The number of carbonyl (C=O) groups is 2. The summed E-state index contributed by atoms with van der Waals surface area (Å²) in [5, 5.41) is 2.73. The first-order valence-corrected chi connectivity index (χ1v) is 9.11. The number of carbonyl (C=O) groups excluding carboxylic acids is 2. The van der Waals surface area contributed by atoms with Crippen molar-refractivity contribution < 1.29 is 22.4 Å². The molecule has 1 aromatic rings. The molecule has 2 rings (SSSR count). The van der Waals surface area contributed by atoms with Gasteiger partial charge in [-0.2, -0.15) is 0 Å². The minimum atomic E-state index is -3.40. The van der Waals surface area contributed by atoms with Crippen molar-refractivity contribution in [1.82, 2.24) is 15.2 Å². The van der Waals surface area contributed by atoms with E-state index in [1.54, 1.807) is 6.92 Å². The van der Waals surface area contributed by atoms with Crippen molar-refractivity contribution in [3.8, 4) is 0 Å². The molecule has 2 heterocycles. The van der Waals surface area contributed by atoms with Crippen LogP contribution in [0, 0.1) is 5.82 Å². The van der Waals surface area contributed by atoms with Crippen LogP contribution in [-0.2, 0) is 14.6 Å². The lowest BCUT2D eigenvalue weighted by Crippen LogP contribution is -2.41. The largest absolute Gasteiger partial charge is 0.346 e. The zero-order chi connectivity index (χ0) is 17.2. The van der Waals surface area contributed by atoms with Gasteiger partial charge in [-0.05, 0) is 25.5 Å². The van der Waals surface area contributed by atoms with Gasteiger partial charge in [-0.1, -0.05) is 0 Å². The van der Waals surface area contributed by atoms with Crippen LogP contribution in [0.25, 0.3) is 0 Å². The number of halogens is 1. The molecule has 1 aromatic heterocycles. The zero-order valence-corrected chi connectivity index (χ0v) is 13.6. The van der Waals surface area contributed by atoms with Gasteiger partial charge in [0.2, 0.25) is 5.91 Å². The molecule has 0 spiro atoms. The van der Waals surface area contributed by atoms with Crippen molar-refractivity contribution in [1.29, 1.82) is 0 Å². The fourth-order valence-electron chi connectivity index (χ4n) is 2.56. The van der Waals surface area contributed by atoms with Crippen molar-refractivity contribution in [2.45, 2.75) is 25.4 Å². The van der Waals surface area contributed by atoms with Crippen LogP contribution in [0.15, 0.2) is 18.3 Å². The first-order chi connectivity index (χ1) is 10.7. The second-order valence-corrected chi connectivity index (χ2v) is 7.87. The van der Waals surface area contributed by atoms with E-state index < -0.39 is 33.2 Å². The van der Waals surface area contributed by atoms with Crippen LogP contribution >= 0.6 is 0 Å². The third-order valence-corrected chi connectivity index (χ3v) is 4.35. The molecule has 1 aliphatic heterocycles. The monoisotopic (exact) mass is 343 g/mol. The van der Waals surface area contributed by atoms with Gasteiger partial charge in [0.05, 0.1) is 6.20 Å². The summed E-state index contributed by atoms with van der Waals surface area (Å²) in [5.74, 6) is -2.01. The van der Waals surface area contributed by atoms with E-state index in [0.29, 0.717) is 6.42 Å². The maximum Gasteiger partial charge on any atom is 0.270 e. The van der Waals surface area contributed by atoms with E-state index in [1.165, 1.54) is 11.0 Å². The highest BCUT2D eigenvalue weighted by molar-refractivity contribution is 7.91. The molecule has 7 nitrogen and oxygen atoms in total. The molecular formula is C14H18FN3O4S. The number of likely N-dealkylation sites (tertiary alicyclic amines) is 1. The molecule has 1 N–H and O–H groups in total. The molecule has 0 aromatic carbocycles. The molecule has 2 amide bonds. The molecule has 0 aliphatic carbocycles. The van der Waals surface area contributed by atoms with Gasteiger partial charge in [0, 0.05) is 24.9 Å². The summed E-state index contributed by atoms with van der Waals surface area (Å²) in [5.41, 5.74) is 0.0833. The summed E-state index contributed by atoms with van der Waals surface area (Å²) in [6.07, 6.45) is 2.47. The number of nitrogens with one attached hydrogen (secondary N) is 1. The number of pyridine rings is 1. The van der Waals surface area contributed by atoms with Crippen molar-refractivity contribution in [3.05, 3.63) is 29.8 Å². The van der Waals surface area contributed by atoms with Crippen molar-refractivity contribution in [3.63, 3.8) is 0 Å². The zero-order valence-electron chi connectivity index (χ0n) is 12.8. The molecule has 1 saturated heterocycles. The smallest absolute Gasteiger partial charge is 0.270 e. The van der Waals surface area contributed by atoms with Crippen molar-refractivity contribution in [2.75, 3.05) is 18.6 Å². The third kappa shape index (κ3) is 4.72. The second kappa shape index (κ2) is 6.61.